The summed E-state index contributed by atoms with van der Waals surface area (Å²) in [6.45, 7) is 8.57. The molecule has 0 aliphatic carbocycles. The second kappa shape index (κ2) is 11.2. The topological polar surface area (TPSA) is 89.0 Å². The van der Waals surface area contributed by atoms with Gasteiger partial charge in [0.15, 0.2) is 3.95 Å². The summed E-state index contributed by atoms with van der Waals surface area (Å²) in [6.07, 6.45) is 1.67. The molecule has 34 heavy (non-hydrogen) atoms. The van der Waals surface area contributed by atoms with Crippen LogP contribution in [0.2, 0.25) is 0 Å². The maximum atomic E-state index is 13.2. The first kappa shape index (κ1) is 25.3. The monoisotopic (exact) mass is 492 g/mol. The fraction of sp³-hybridized carbons (Fsp3) is 0.308. The molecule has 2 N–H and O–H groups in total. The molecule has 0 radical (unpaired) electrons. The molecule has 0 bridgehead atoms. The number of carbonyl (C=O) groups excluding carboxylic acids is 2. The number of amides is 2. The van der Waals surface area contributed by atoms with Crippen molar-refractivity contribution in [2.45, 2.75) is 40.2 Å². The molecule has 0 saturated heterocycles. The predicted molar refractivity (Wildman–Crippen MR) is 141 cm³/mol. The lowest BCUT2D eigenvalue weighted by Crippen LogP contribution is -2.37. The van der Waals surface area contributed by atoms with Crippen molar-refractivity contribution in [3.05, 3.63) is 63.1 Å². The summed E-state index contributed by atoms with van der Waals surface area (Å²) in [5.74, 6) is 0.0823. The van der Waals surface area contributed by atoms with Crippen LogP contribution in [-0.4, -0.2) is 29.4 Å². The SMILES string of the molecule is CC(C)CNC(=O)c1ccc(/C=C(\C#N)CC(=O)N(c2ccc3[nH]c(=S)sc3c2)C(C)C)cc1. The van der Waals surface area contributed by atoms with Gasteiger partial charge >= 0.3 is 0 Å². The van der Waals surface area contributed by atoms with Crippen LogP contribution in [0.4, 0.5) is 5.69 Å². The maximum Gasteiger partial charge on any atom is 0.251 e. The van der Waals surface area contributed by atoms with Crippen LogP contribution in [0.1, 0.15) is 50.0 Å². The van der Waals surface area contributed by atoms with Gasteiger partial charge in [-0.15, -0.1) is 11.3 Å². The van der Waals surface area contributed by atoms with E-state index in [4.69, 9.17) is 12.2 Å². The summed E-state index contributed by atoms with van der Waals surface area (Å²) in [4.78, 5) is 30.2. The van der Waals surface area contributed by atoms with Gasteiger partial charge in [-0.3, -0.25) is 9.59 Å². The van der Waals surface area contributed by atoms with Crippen LogP contribution in [0.15, 0.2) is 48.0 Å². The highest BCUT2D eigenvalue weighted by Crippen LogP contribution is 2.27. The van der Waals surface area contributed by atoms with E-state index in [1.165, 1.54) is 11.3 Å². The summed E-state index contributed by atoms with van der Waals surface area (Å²) in [5, 5.41) is 12.6. The molecule has 1 aromatic heterocycles. The van der Waals surface area contributed by atoms with E-state index in [1.807, 2.05) is 45.9 Å². The molecule has 3 aromatic rings. The van der Waals surface area contributed by atoms with Crippen LogP contribution in [0.3, 0.4) is 0 Å². The zero-order valence-electron chi connectivity index (χ0n) is 19.7. The molecule has 0 spiro atoms. The van der Waals surface area contributed by atoms with E-state index < -0.39 is 0 Å². The van der Waals surface area contributed by atoms with Crippen molar-refractivity contribution >= 4 is 57.3 Å². The van der Waals surface area contributed by atoms with E-state index in [-0.39, 0.29) is 24.3 Å². The Hall–Kier alpha value is -3.28. The quantitative estimate of drug-likeness (QED) is 0.294. The minimum Gasteiger partial charge on any atom is -0.352 e. The van der Waals surface area contributed by atoms with Crippen LogP contribution < -0.4 is 10.2 Å². The smallest absolute Gasteiger partial charge is 0.251 e. The minimum absolute atomic E-state index is 0.0216. The van der Waals surface area contributed by atoms with Gasteiger partial charge in [0, 0.05) is 29.4 Å². The maximum absolute atomic E-state index is 13.2. The number of rotatable bonds is 8. The van der Waals surface area contributed by atoms with E-state index in [2.05, 4.69) is 16.4 Å². The zero-order valence-corrected chi connectivity index (χ0v) is 21.3. The van der Waals surface area contributed by atoms with Gasteiger partial charge in [0.25, 0.3) is 5.91 Å². The lowest BCUT2D eigenvalue weighted by Gasteiger charge is -2.27. The molecule has 0 fully saturated rings. The third-order valence-electron chi connectivity index (χ3n) is 5.14. The van der Waals surface area contributed by atoms with E-state index in [1.54, 1.807) is 35.2 Å². The number of anilines is 1. The molecule has 8 heteroatoms. The fourth-order valence-electron chi connectivity index (χ4n) is 3.52. The highest BCUT2D eigenvalue weighted by atomic mass is 32.1. The average Bonchev–Trinajstić information content (AvgIpc) is 3.16. The van der Waals surface area contributed by atoms with Gasteiger partial charge in [-0.2, -0.15) is 5.26 Å². The molecule has 176 valence electrons. The van der Waals surface area contributed by atoms with E-state index in [0.717, 1.165) is 21.5 Å². The summed E-state index contributed by atoms with van der Waals surface area (Å²) in [5.41, 5.74) is 3.38. The third kappa shape index (κ3) is 6.40. The highest BCUT2D eigenvalue weighted by molar-refractivity contribution is 7.73. The van der Waals surface area contributed by atoms with Crippen molar-refractivity contribution in [3.63, 3.8) is 0 Å². The number of carbonyl (C=O) groups is 2. The second-order valence-corrected chi connectivity index (χ2v) is 10.5. The lowest BCUT2D eigenvalue weighted by atomic mass is 10.1. The molecular weight excluding hydrogens is 464 g/mol. The van der Waals surface area contributed by atoms with E-state index in [0.29, 0.717) is 27.6 Å². The number of hydrogen-bond donors (Lipinski definition) is 2. The van der Waals surface area contributed by atoms with Crippen LogP contribution >= 0.6 is 23.6 Å². The molecule has 3 rings (SSSR count). The molecule has 6 nitrogen and oxygen atoms in total. The number of nitriles is 1. The van der Waals surface area contributed by atoms with Crippen molar-refractivity contribution in [1.29, 1.82) is 5.26 Å². The first-order chi connectivity index (χ1) is 16.2. The standard InChI is InChI=1S/C26H28N4O2S2/c1-16(2)15-28-25(32)20-7-5-18(6-8-20)11-19(14-27)12-24(31)30(17(3)4)21-9-10-22-23(13-21)34-26(33)29-22/h5-11,13,16-17H,12,15H2,1-4H3,(H,28,32)(H,29,33)/b19-11-. The number of nitrogens with one attached hydrogen (secondary N) is 2. The van der Waals surface area contributed by atoms with Crippen LogP contribution in [-0.2, 0) is 4.79 Å². The molecule has 0 aliphatic heterocycles. The van der Waals surface area contributed by atoms with Crippen LogP contribution in [0.5, 0.6) is 0 Å². The van der Waals surface area contributed by atoms with Gasteiger partial charge < -0.3 is 15.2 Å². The van der Waals surface area contributed by atoms with Crippen molar-refractivity contribution in [1.82, 2.24) is 10.3 Å². The van der Waals surface area contributed by atoms with Gasteiger partial charge in [-0.05, 0) is 74.0 Å². The van der Waals surface area contributed by atoms with Crippen molar-refractivity contribution in [2.75, 3.05) is 11.4 Å². The van der Waals surface area contributed by atoms with Gasteiger partial charge in [-0.25, -0.2) is 0 Å². The number of thiazole rings is 1. The third-order valence-corrected chi connectivity index (χ3v) is 6.33. The zero-order chi connectivity index (χ0) is 24.8. The molecular formula is C26H28N4O2S2. The Kier molecular flexibility index (Phi) is 8.37. The van der Waals surface area contributed by atoms with Crippen molar-refractivity contribution in [3.8, 4) is 6.07 Å². The summed E-state index contributed by atoms with van der Waals surface area (Å²) < 4.78 is 1.67. The van der Waals surface area contributed by atoms with E-state index >= 15 is 0 Å². The first-order valence-electron chi connectivity index (χ1n) is 11.1. The summed E-state index contributed by atoms with van der Waals surface area (Å²) in [7, 11) is 0. The molecule has 0 saturated carbocycles. The minimum atomic E-state index is -0.161. The van der Waals surface area contributed by atoms with Crippen LogP contribution in [0, 0.1) is 21.2 Å². The predicted octanol–water partition coefficient (Wildman–Crippen LogP) is 6.08. The average molecular weight is 493 g/mol. The van der Waals surface area contributed by atoms with Crippen LogP contribution in [0.25, 0.3) is 16.3 Å². The van der Waals surface area contributed by atoms with Gasteiger partial charge in [-0.1, -0.05) is 26.0 Å². The number of aromatic nitrogens is 1. The first-order valence-corrected chi connectivity index (χ1v) is 12.3. The van der Waals surface area contributed by atoms with Crippen molar-refractivity contribution < 1.29 is 9.59 Å². The Bertz CT molecular complexity index is 1310. The van der Waals surface area contributed by atoms with Gasteiger partial charge in [0.2, 0.25) is 5.91 Å². The largest absolute Gasteiger partial charge is 0.352 e. The molecule has 0 atom stereocenters. The number of hydrogen-bond acceptors (Lipinski definition) is 5. The molecule has 0 aliphatic rings. The Labute approximate surface area is 208 Å². The number of nitrogens with zero attached hydrogens (tertiary/aromatic N) is 2. The number of H-pyrrole nitrogens is 1. The second-order valence-electron chi connectivity index (χ2n) is 8.74. The Morgan fingerprint density at radius 2 is 1.88 bits per heavy atom. The highest BCUT2D eigenvalue weighted by Gasteiger charge is 2.21. The lowest BCUT2D eigenvalue weighted by molar-refractivity contribution is -0.118. The normalized spacial score (nSPS) is 11.6. The van der Waals surface area contributed by atoms with Gasteiger partial charge in [0.1, 0.15) is 0 Å². The Morgan fingerprint density at radius 3 is 2.50 bits per heavy atom. The van der Waals surface area contributed by atoms with E-state index in [9.17, 15) is 14.9 Å². The number of fused-ring (bicyclic) bond motifs is 1. The fourth-order valence-corrected chi connectivity index (χ4v) is 4.66. The van der Waals surface area contributed by atoms with Gasteiger partial charge in [0.05, 0.1) is 22.7 Å². The molecule has 2 amide bonds. The van der Waals surface area contributed by atoms with Crippen molar-refractivity contribution in [2.24, 2.45) is 5.92 Å². The summed E-state index contributed by atoms with van der Waals surface area (Å²) >= 11 is 6.69. The molecule has 1 heterocycles. The Morgan fingerprint density at radius 1 is 1.18 bits per heavy atom. The molecule has 0 unspecified atom stereocenters. The molecule has 2 aromatic carbocycles. The Balaban J connectivity index is 1.77. The summed E-state index contributed by atoms with van der Waals surface area (Å²) in [6, 6.07) is 14.8. The number of aromatic amines is 1. The number of benzene rings is 2.